The average molecular weight is 273 g/mol. The fraction of sp³-hybridized carbons (Fsp3) is 0.286. The molecule has 1 aliphatic rings. The molecule has 19 heavy (non-hydrogen) atoms. The van der Waals surface area contributed by atoms with E-state index in [0.29, 0.717) is 16.9 Å². The highest BCUT2D eigenvalue weighted by Crippen LogP contribution is 2.23. The summed E-state index contributed by atoms with van der Waals surface area (Å²) in [6.45, 7) is 0.754. The van der Waals surface area contributed by atoms with Crippen molar-refractivity contribution in [2.24, 2.45) is 0 Å². The van der Waals surface area contributed by atoms with Crippen LogP contribution in [0.5, 0.6) is 0 Å². The first-order chi connectivity index (χ1) is 9.28. The van der Waals surface area contributed by atoms with Crippen LogP contribution in [0.2, 0.25) is 5.02 Å². The summed E-state index contributed by atoms with van der Waals surface area (Å²) in [6.07, 6.45) is 5.91. The summed E-state index contributed by atoms with van der Waals surface area (Å²) in [7, 11) is 0. The molecule has 1 aromatic heterocycles. The molecule has 0 bridgehead atoms. The lowest BCUT2D eigenvalue weighted by Gasteiger charge is -2.12. The van der Waals surface area contributed by atoms with Crippen LogP contribution in [-0.2, 0) is 6.54 Å². The molecule has 3 rings (SSSR count). The number of rotatable bonds is 4. The third kappa shape index (κ3) is 2.62. The lowest BCUT2D eigenvalue weighted by molar-refractivity contribution is 0.684. The van der Waals surface area contributed by atoms with E-state index in [2.05, 4.69) is 16.4 Å². The van der Waals surface area contributed by atoms with E-state index >= 15 is 0 Å². The predicted octanol–water partition coefficient (Wildman–Crippen LogP) is 2.65. The van der Waals surface area contributed by atoms with Crippen LogP contribution in [0, 0.1) is 11.3 Å². The summed E-state index contributed by atoms with van der Waals surface area (Å²) >= 11 is 6.07. The van der Waals surface area contributed by atoms with Crippen LogP contribution < -0.4 is 5.32 Å². The molecule has 4 nitrogen and oxygen atoms in total. The van der Waals surface area contributed by atoms with Crippen LogP contribution in [0.15, 0.2) is 30.6 Å². The molecular formula is C14H13ClN4. The molecule has 0 saturated heterocycles. The number of nitrogens with one attached hydrogen (secondary N) is 1. The normalized spacial score (nSPS) is 14.3. The van der Waals surface area contributed by atoms with Gasteiger partial charge in [0.2, 0.25) is 5.82 Å². The highest BCUT2D eigenvalue weighted by atomic mass is 35.5. The van der Waals surface area contributed by atoms with E-state index in [-0.39, 0.29) is 0 Å². The van der Waals surface area contributed by atoms with Crippen molar-refractivity contribution in [3.8, 4) is 11.8 Å². The average Bonchev–Trinajstić information content (AvgIpc) is 3.13. The van der Waals surface area contributed by atoms with Crippen LogP contribution in [0.25, 0.3) is 5.69 Å². The number of nitrogens with zero attached hydrogens (tertiary/aromatic N) is 3. The Hall–Kier alpha value is -1.83. The number of benzene rings is 1. The monoisotopic (exact) mass is 272 g/mol. The van der Waals surface area contributed by atoms with Crippen LogP contribution in [0.4, 0.5) is 0 Å². The first kappa shape index (κ1) is 12.2. The Kier molecular flexibility index (Phi) is 3.24. The van der Waals surface area contributed by atoms with Crippen molar-refractivity contribution in [3.05, 3.63) is 47.0 Å². The van der Waals surface area contributed by atoms with Gasteiger partial charge in [-0.05, 0) is 36.6 Å². The SMILES string of the molecule is N#Cc1nccn1-c1ccc(Cl)cc1CNC1CC1. The minimum Gasteiger partial charge on any atom is -0.310 e. The molecule has 96 valence electrons. The third-order valence-electron chi connectivity index (χ3n) is 3.20. The topological polar surface area (TPSA) is 53.6 Å². The highest BCUT2D eigenvalue weighted by Gasteiger charge is 2.21. The van der Waals surface area contributed by atoms with Gasteiger partial charge in [-0.2, -0.15) is 5.26 Å². The van der Waals surface area contributed by atoms with Gasteiger partial charge >= 0.3 is 0 Å². The fourth-order valence-corrected chi connectivity index (χ4v) is 2.25. The van der Waals surface area contributed by atoms with Crippen LogP contribution >= 0.6 is 11.6 Å². The molecule has 0 amide bonds. The summed E-state index contributed by atoms with van der Waals surface area (Å²) in [5, 5.41) is 13.2. The molecule has 2 aromatic rings. The molecule has 1 aliphatic carbocycles. The lowest BCUT2D eigenvalue weighted by Crippen LogP contribution is -2.17. The molecule has 0 unspecified atom stereocenters. The maximum absolute atomic E-state index is 9.07. The molecule has 1 N–H and O–H groups in total. The highest BCUT2D eigenvalue weighted by molar-refractivity contribution is 6.30. The van der Waals surface area contributed by atoms with Gasteiger partial charge in [-0.25, -0.2) is 4.98 Å². The first-order valence-corrected chi connectivity index (χ1v) is 6.61. The molecule has 0 radical (unpaired) electrons. The van der Waals surface area contributed by atoms with E-state index in [1.807, 2.05) is 18.2 Å². The minimum absolute atomic E-state index is 0.384. The second-order valence-electron chi connectivity index (χ2n) is 4.66. The van der Waals surface area contributed by atoms with Crippen LogP contribution in [-0.4, -0.2) is 15.6 Å². The second kappa shape index (κ2) is 5.04. The van der Waals surface area contributed by atoms with Crippen LogP contribution in [0.1, 0.15) is 24.2 Å². The standard InChI is InChI=1S/C14H13ClN4/c15-11-1-4-13(19-6-5-17-14(19)8-16)10(7-11)9-18-12-2-3-12/h1,4-7,12,18H,2-3,9H2. The van der Waals surface area contributed by atoms with Crippen molar-refractivity contribution >= 4 is 11.6 Å². The zero-order valence-corrected chi connectivity index (χ0v) is 11.1. The number of imidazole rings is 1. The van der Waals surface area contributed by atoms with E-state index in [1.54, 1.807) is 17.0 Å². The molecule has 1 heterocycles. The van der Waals surface area contributed by atoms with Crippen LogP contribution in [0.3, 0.4) is 0 Å². The van der Waals surface area contributed by atoms with E-state index in [0.717, 1.165) is 17.8 Å². The molecule has 1 aromatic carbocycles. The second-order valence-corrected chi connectivity index (χ2v) is 5.10. The number of hydrogen-bond acceptors (Lipinski definition) is 3. The molecule has 0 atom stereocenters. The molecule has 1 fully saturated rings. The van der Waals surface area contributed by atoms with E-state index in [4.69, 9.17) is 16.9 Å². The molecular weight excluding hydrogens is 260 g/mol. The van der Waals surface area contributed by atoms with Crippen molar-refractivity contribution in [1.29, 1.82) is 5.26 Å². The van der Waals surface area contributed by atoms with Gasteiger partial charge in [-0.15, -0.1) is 0 Å². The van der Waals surface area contributed by atoms with Crippen molar-refractivity contribution < 1.29 is 0 Å². The van der Waals surface area contributed by atoms with Gasteiger partial charge in [0.25, 0.3) is 0 Å². The lowest BCUT2D eigenvalue weighted by atomic mass is 10.1. The van der Waals surface area contributed by atoms with Crippen molar-refractivity contribution in [2.45, 2.75) is 25.4 Å². The van der Waals surface area contributed by atoms with Gasteiger partial charge in [0, 0.05) is 30.0 Å². The number of halogens is 1. The summed E-state index contributed by atoms with van der Waals surface area (Å²) < 4.78 is 1.79. The zero-order valence-electron chi connectivity index (χ0n) is 10.3. The summed E-state index contributed by atoms with van der Waals surface area (Å²) in [5.74, 6) is 0.384. The molecule has 0 aliphatic heterocycles. The fourth-order valence-electron chi connectivity index (χ4n) is 2.05. The van der Waals surface area contributed by atoms with Crippen molar-refractivity contribution in [2.75, 3.05) is 0 Å². The molecule has 5 heteroatoms. The van der Waals surface area contributed by atoms with Gasteiger partial charge in [-0.1, -0.05) is 11.6 Å². The molecule has 1 saturated carbocycles. The molecule has 0 spiro atoms. The van der Waals surface area contributed by atoms with Gasteiger partial charge in [-0.3, -0.25) is 4.57 Å². The predicted molar refractivity (Wildman–Crippen MR) is 73.2 cm³/mol. The number of hydrogen-bond donors (Lipinski definition) is 1. The third-order valence-corrected chi connectivity index (χ3v) is 3.44. The maximum atomic E-state index is 9.07. The Labute approximate surface area is 116 Å². The first-order valence-electron chi connectivity index (χ1n) is 6.23. The van der Waals surface area contributed by atoms with Gasteiger partial charge in [0.15, 0.2) is 0 Å². The Morgan fingerprint density at radius 2 is 2.32 bits per heavy atom. The van der Waals surface area contributed by atoms with Gasteiger partial charge in [0.1, 0.15) is 6.07 Å². The smallest absolute Gasteiger partial charge is 0.217 e. The van der Waals surface area contributed by atoms with E-state index < -0.39 is 0 Å². The summed E-state index contributed by atoms with van der Waals surface area (Å²) in [6, 6.07) is 8.42. The van der Waals surface area contributed by atoms with E-state index in [1.165, 1.54) is 12.8 Å². The Morgan fingerprint density at radius 3 is 3.05 bits per heavy atom. The van der Waals surface area contributed by atoms with Gasteiger partial charge < -0.3 is 5.32 Å². The Balaban J connectivity index is 1.97. The van der Waals surface area contributed by atoms with E-state index in [9.17, 15) is 0 Å². The summed E-state index contributed by atoms with van der Waals surface area (Å²) in [5.41, 5.74) is 2.03. The number of aromatic nitrogens is 2. The van der Waals surface area contributed by atoms with Gasteiger partial charge in [0.05, 0.1) is 5.69 Å². The maximum Gasteiger partial charge on any atom is 0.217 e. The largest absolute Gasteiger partial charge is 0.310 e. The van der Waals surface area contributed by atoms with Crippen molar-refractivity contribution in [1.82, 2.24) is 14.9 Å². The zero-order chi connectivity index (χ0) is 13.2. The summed E-state index contributed by atoms with van der Waals surface area (Å²) in [4.78, 5) is 4.03. The quantitative estimate of drug-likeness (QED) is 0.931. The Bertz CT molecular complexity index is 637. The Morgan fingerprint density at radius 1 is 1.47 bits per heavy atom. The number of nitriles is 1. The van der Waals surface area contributed by atoms with Crippen molar-refractivity contribution in [3.63, 3.8) is 0 Å². The minimum atomic E-state index is 0.384.